The molecule has 0 bridgehead atoms. The first kappa shape index (κ1) is 15.1. The van der Waals surface area contributed by atoms with Gasteiger partial charge in [0.05, 0.1) is 5.69 Å². The highest BCUT2D eigenvalue weighted by atomic mass is 79.9. The van der Waals surface area contributed by atoms with E-state index in [0.717, 1.165) is 35.4 Å². The van der Waals surface area contributed by atoms with E-state index < -0.39 is 0 Å². The van der Waals surface area contributed by atoms with Crippen LogP contribution in [0.2, 0.25) is 0 Å². The van der Waals surface area contributed by atoms with Crippen LogP contribution < -0.4 is 5.32 Å². The van der Waals surface area contributed by atoms with Crippen molar-refractivity contribution >= 4 is 15.9 Å². The van der Waals surface area contributed by atoms with Gasteiger partial charge < -0.3 is 5.32 Å². The van der Waals surface area contributed by atoms with Crippen molar-refractivity contribution in [2.45, 2.75) is 19.8 Å². The van der Waals surface area contributed by atoms with Gasteiger partial charge in [-0.05, 0) is 51.2 Å². The van der Waals surface area contributed by atoms with Crippen LogP contribution >= 0.6 is 15.9 Å². The number of nitrogens with one attached hydrogen (secondary N) is 1. The molecule has 2 rings (SSSR count). The fourth-order valence-corrected chi connectivity index (χ4v) is 2.36. The van der Waals surface area contributed by atoms with Gasteiger partial charge >= 0.3 is 0 Å². The normalized spacial score (nSPS) is 10.8. The summed E-state index contributed by atoms with van der Waals surface area (Å²) in [7, 11) is 1.92. The highest BCUT2D eigenvalue weighted by Crippen LogP contribution is 2.25. The minimum absolute atomic E-state index is 0.271. The first-order chi connectivity index (χ1) is 9.60. The van der Waals surface area contributed by atoms with E-state index in [0.29, 0.717) is 11.3 Å². The van der Waals surface area contributed by atoms with Gasteiger partial charge in [0, 0.05) is 22.2 Å². The molecule has 1 aromatic heterocycles. The maximum Gasteiger partial charge on any atom is 0.132 e. The predicted octanol–water partition coefficient (Wildman–Crippen LogP) is 3.51. The van der Waals surface area contributed by atoms with Crippen molar-refractivity contribution in [3.8, 4) is 11.3 Å². The zero-order chi connectivity index (χ0) is 14.5. The maximum absolute atomic E-state index is 13.9. The van der Waals surface area contributed by atoms with Gasteiger partial charge in [-0.15, -0.1) is 0 Å². The molecule has 0 amide bonds. The lowest BCUT2D eigenvalue weighted by molar-refractivity contribution is 0.630. The molecule has 0 aliphatic heterocycles. The van der Waals surface area contributed by atoms with E-state index in [9.17, 15) is 4.39 Å². The summed E-state index contributed by atoms with van der Waals surface area (Å²) in [5.74, 6) is 0.488. The summed E-state index contributed by atoms with van der Waals surface area (Å²) in [6.07, 6.45) is 1.74. The van der Waals surface area contributed by atoms with Crippen LogP contribution in [-0.4, -0.2) is 23.6 Å². The number of hydrogen-bond donors (Lipinski definition) is 1. The molecule has 106 valence electrons. The van der Waals surface area contributed by atoms with Gasteiger partial charge in [-0.1, -0.05) is 15.9 Å². The van der Waals surface area contributed by atoms with E-state index in [2.05, 4.69) is 31.2 Å². The number of halogens is 2. The molecule has 1 N–H and O–H groups in total. The van der Waals surface area contributed by atoms with Gasteiger partial charge in [-0.25, -0.2) is 14.4 Å². The predicted molar refractivity (Wildman–Crippen MR) is 82.1 cm³/mol. The molecule has 3 nitrogen and oxygen atoms in total. The summed E-state index contributed by atoms with van der Waals surface area (Å²) in [4.78, 5) is 8.89. The summed E-state index contributed by atoms with van der Waals surface area (Å²) in [6.45, 7) is 2.82. The van der Waals surface area contributed by atoms with Crippen molar-refractivity contribution in [1.82, 2.24) is 15.3 Å². The Balaban J connectivity index is 2.34. The highest BCUT2D eigenvalue weighted by Gasteiger charge is 2.10. The molecule has 1 aromatic carbocycles. The van der Waals surface area contributed by atoms with Crippen LogP contribution in [0, 0.1) is 12.7 Å². The fourth-order valence-electron chi connectivity index (χ4n) is 2.00. The molecule has 0 radical (unpaired) electrons. The number of aryl methyl sites for hydroxylation is 2. The number of aromatic nitrogens is 2. The monoisotopic (exact) mass is 337 g/mol. The lowest BCUT2D eigenvalue weighted by atomic mass is 10.1. The minimum Gasteiger partial charge on any atom is -0.320 e. The molecule has 0 fully saturated rings. The Morgan fingerprint density at radius 2 is 2.05 bits per heavy atom. The molecule has 0 spiro atoms. The largest absolute Gasteiger partial charge is 0.320 e. The van der Waals surface area contributed by atoms with Gasteiger partial charge in [0.1, 0.15) is 11.6 Å². The van der Waals surface area contributed by atoms with Crippen LogP contribution in [0.4, 0.5) is 4.39 Å². The Bertz CT molecular complexity index is 602. The molecule has 0 aliphatic rings. The average Bonchev–Trinajstić information content (AvgIpc) is 2.41. The summed E-state index contributed by atoms with van der Waals surface area (Å²) < 4.78 is 14.8. The van der Waals surface area contributed by atoms with Crippen molar-refractivity contribution in [1.29, 1.82) is 0 Å². The van der Waals surface area contributed by atoms with Crippen LogP contribution in [0.3, 0.4) is 0 Å². The minimum atomic E-state index is -0.271. The third kappa shape index (κ3) is 3.84. The average molecular weight is 338 g/mol. The number of nitrogens with zero attached hydrogens (tertiary/aromatic N) is 2. The summed E-state index contributed by atoms with van der Waals surface area (Å²) >= 11 is 3.36. The van der Waals surface area contributed by atoms with E-state index in [4.69, 9.17) is 0 Å². The molecule has 2 aromatic rings. The van der Waals surface area contributed by atoms with E-state index in [1.165, 1.54) is 6.07 Å². The van der Waals surface area contributed by atoms with Crippen LogP contribution in [0.1, 0.15) is 17.9 Å². The molecular formula is C15H17BrFN3. The molecule has 0 saturated carbocycles. The zero-order valence-corrected chi connectivity index (χ0v) is 13.2. The Kier molecular flexibility index (Phi) is 5.20. The molecule has 5 heteroatoms. The van der Waals surface area contributed by atoms with Gasteiger partial charge in [-0.3, -0.25) is 0 Å². The van der Waals surface area contributed by atoms with E-state index in [-0.39, 0.29) is 5.82 Å². The summed E-state index contributed by atoms with van der Waals surface area (Å²) in [6, 6.07) is 6.68. The fraction of sp³-hybridized carbons (Fsp3) is 0.333. The van der Waals surface area contributed by atoms with Gasteiger partial charge in [0.25, 0.3) is 0 Å². The lowest BCUT2D eigenvalue weighted by Crippen LogP contribution is -2.10. The van der Waals surface area contributed by atoms with E-state index in [1.54, 1.807) is 12.1 Å². The molecule has 20 heavy (non-hydrogen) atoms. The smallest absolute Gasteiger partial charge is 0.132 e. The van der Waals surface area contributed by atoms with E-state index >= 15 is 0 Å². The molecule has 1 heterocycles. The number of hydrogen-bond acceptors (Lipinski definition) is 3. The van der Waals surface area contributed by atoms with Gasteiger partial charge in [0.2, 0.25) is 0 Å². The Morgan fingerprint density at radius 1 is 1.25 bits per heavy atom. The van der Waals surface area contributed by atoms with Crippen molar-refractivity contribution in [2.24, 2.45) is 0 Å². The summed E-state index contributed by atoms with van der Waals surface area (Å²) in [5.41, 5.74) is 1.99. The summed E-state index contributed by atoms with van der Waals surface area (Å²) in [5, 5.41) is 3.09. The molecule has 0 aliphatic carbocycles. The van der Waals surface area contributed by atoms with E-state index in [1.807, 2.05) is 20.0 Å². The second-order valence-electron chi connectivity index (χ2n) is 4.64. The Labute approximate surface area is 126 Å². The van der Waals surface area contributed by atoms with Crippen LogP contribution in [0.15, 0.2) is 28.7 Å². The Hall–Kier alpha value is -1.33. The first-order valence-electron chi connectivity index (χ1n) is 6.54. The zero-order valence-electron chi connectivity index (χ0n) is 11.6. The molecule has 0 unspecified atom stereocenters. The second-order valence-corrected chi connectivity index (χ2v) is 5.56. The van der Waals surface area contributed by atoms with Gasteiger partial charge in [0.15, 0.2) is 0 Å². The topological polar surface area (TPSA) is 37.8 Å². The molecule has 0 saturated heterocycles. The van der Waals surface area contributed by atoms with Crippen LogP contribution in [0.5, 0.6) is 0 Å². The Morgan fingerprint density at radius 3 is 2.80 bits per heavy atom. The highest BCUT2D eigenvalue weighted by molar-refractivity contribution is 9.10. The van der Waals surface area contributed by atoms with Crippen LogP contribution in [-0.2, 0) is 6.42 Å². The maximum atomic E-state index is 13.9. The van der Waals surface area contributed by atoms with Crippen molar-refractivity contribution in [3.05, 3.63) is 46.1 Å². The third-order valence-corrected chi connectivity index (χ3v) is 3.43. The van der Waals surface area contributed by atoms with Gasteiger partial charge in [-0.2, -0.15) is 0 Å². The third-order valence-electron chi connectivity index (χ3n) is 2.93. The quantitative estimate of drug-likeness (QED) is 0.848. The second kappa shape index (κ2) is 6.90. The SMILES string of the molecule is CNCCCc1nc(C)cc(-c2cc(Br)ccc2F)n1. The van der Waals surface area contributed by atoms with Crippen molar-refractivity contribution in [3.63, 3.8) is 0 Å². The first-order valence-corrected chi connectivity index (χ1v) is 7.34. The standard InChI is InChI=1S/C15H17BrFN3/c1-10-8-14(12-9-11(16)5-6-13(12)17)20-15(19-10)4-3-7-18-2/h5-6,8-9,18H,3-4,7H2,1-2H3. The van der Waals surface area contributed by atoms with Crippen molar-refractivity contribution < 1.29 is 4.39 Å². The van der Waals surface area contributed by atoms with Crippen molar-refractivity contribution in [2.75, 3.05) is 13.6 Å². The number of benzene rings is 1. The molecular weight excluding hydrogens is 321 g/mol. The van der Waals surface area contributed by atoms with Crippen LogP contribution in [0.25, 0.3) is 11.3 Å². The number of rotatable bonds is 5. The lowest BCUT2D eigenvalue weighted by Gasteiger charge is -2.07. The molecule has 0 atom stereocenters.